The van der Waals surface area contributed by atoms with Gasteiger partial charge < -0.3 is 0 Å². The third-order valence-electron chi connectivity index (χ3n) is 2.67. The van der Waals surface area contributed by atoms with Gasteiger partial charge in [0.05, 0.1) is 0 Å². The third kappa shape index (κ3) is 0.713. The van der Waals surface area contributed by atoms with Crippen LogP contribution in [0.25, 0.3) is 0 Å². The van der Waals surface area contributed by atoms with Gasteiger partial charge in [0.2, 0.25) is 0 Å². The quantitative estimate of drug-likeness (QED) is 0.499. The zero-order valence-electron chi connectivity index (χ0n) is 5.80. The van der Waals surface area contributed by atoms with Crippen LogP contribution in [0, 0.1) is 11.8 Å². The zero-order chi connectivity index (χ0) is 7.14. The van der Waals surface area contributed by atoms with Gasteiger partial charge in [-0.15, -0.1) is 0 Å². The molecule has 3 saturated carbocycles. The molecular formula is C8H10O2. The monoisotopic (exact) mass is 138 g/mol. The van der Waals surface area contributed by atoms with Crippen LogP contribution in [-0.2, 0) is 9.59 Å². The summed E-state index contributed by atoms with van der Waals surface area (Å²) in [7, 11) is 0. The molecule has 0 radical (unpaired) electrons. The molecule has 0 unspecified atom stereocenters. The highest BCUT2D eigenvalue weighted by Gasteiger charge is 2.39. The average molecular weight is 138 g/mol. The summed E-state index contributed by atoms with van der Waals surface area (Å²) < 4.78 is 0. The minimum Gasteiger partial charge on any atom is -0.299 e. The van der Waals surface area contributed by atoms with E-state index in [0.717, 1.165) is 12.8 Å². The van der Waals surface area contributed by atoms with E-state index in [-0.39, 0.29) is 11.8 Å². The van der Waals surface area contributed by atoms with Gasteiger partial charge >= 0.3 is 0 Å². The molecule has 3 rings (SSSR count). The fourth-order valence-corrected chi connectivity index (χ4v) is 1.98. The number of rotatable bonds is 0. The maximum atomic E-state index is 11.0. The van der Waals surface area contributed by atoms with Gasteiger partial charge in [0.1, 0.15) is 11.6 Å². The lowest BCUT2D eigenvalue weighted by Gasteiger charge is -2.32. The van der Waals surface area contributed by atoms with Crippen molar-refractivity contribution in [3.8, 4) is 0 Å². The Morgan fingerprint density at radius 1 is 0.900 bits per heavy atom. The van der Waals surface area contributed by atoms with Crippen molar-refractivity contribution in [2.45, 2.75) is 25.7 Å². The van der Waals surface area contributed by atoms with Crippen molar-refractivity contribution in [1.82, 2.24) is 0 Å². The Morgan fingerprint density at radius 2 is 1.30 bits per heavy atom. The van der Waals surface area contributed by atoms with Gasteiger partial charge in [0.15, 0.2) is 0 Å². The van der Waals surface area contributed by atoms with Crippen molar-refractivity contribution in [3.63, 3.8) is 0 Å². The molecule has 0 aromatic carbocycles. The fraction of sp³-hybridized carbons (Fsp3) is 0.750. The average Bonchev–Trinajstić information content (AvgIpc) is 1.91. The van der Waals surface area contributed by atoms with Crippen LogP contribution in [0.4, 0.5) is 0 Å². The van der Waals surface area contributed by atoms with Crippen LogP contribution in [0.1, 0.15) is 25.7 Å². The van der Waals surface area contributed by atoms with Crippen molar-refractivity contribution in [3.05, 3.63) is 0 Å². The summed E-state index contributed by atoms with van der Waals surface area (Å²) in [6, 6.07) is 0. The maximum Gasteiger partial charge on any atom is 0.137 e. The Morgan fingerprint density at radius 3 is 1.50 bits per heavy atom. The Labute approximate surface area is 59.6 Å². The number of Topliss-reactive ketones (excluding diaryl/α,β-unsaturated/α-hetero) is 2. The van der Waals surface area contributed by atoms with E-state index in [4.69, 9.17) is 0 Å². The van der Waals surface area contributed by atoms with Gasteiger partial charge in [0, 0.05) is 24.7 Å². The molecule has 3 fully saturated rings. The molecular weight excluding hydrogens is 128 g/mol. The highest BCUT2D eigenvalue weighted by atomic mass is 16.1. The smallest absolute Gasteiger partial charge is 0.137 e. The molecule has 3 aliphatic rings. The standard InChI is InChI=1S/C8H10O2/c9-7-4-6-2-1-5(7)3-8(6)10/h5-6H,1-4H2/t5-,6+. The van der Waals surface area contributed by atoms with E-state index in [1.807, 2.05) is 0 Å². The van der Waals surface area contributed by atoms with E-state index in [9.17, 15) is 9.59 Å². The molecule has 3 aliphatic carbocycles. The molecule has 2 heteroatoms. The maximum absolute atomic E-state index is 11.0. The summed E-state index contributed by atoms with van der Waals surface area (Å²) in [6.07, 6.45) is 3.03. The third-order valence-corrected chi connectivity index (χ3v) is 2.67. The van der Waals surface area contributed by atoms with E-state index in [0.29, 0.717) is 24.4 Å². The number of hydrogen-bond acceptors (Lipinski definition) is 2. The molecule has 0 aromatic rings. The van der Waals surface area contributed by atoms with Crippen LogP contribution in [-0.4, -0.2) is 11.6 Å². The van der Waals surface area contributed by atoms with Gasteiger partial charge in [-0.05, 0) is 12.8 Å². The molecule has 2 bridgehead atoms. The molecule has 2 atom stereocenters. The Hall–Kier alpha value is -0.660. The summed E-state index contributed by atoms with van der Waals surface area (Å²) in [5, 5.41) is 0. The molecule has 0 saturated heterocycles. The predicted octanol–water partition coefficient (Wildman–Crippen LogP) is 0.945. The minimum atomic E-state index is 0.109. The first-order valence-corrected chi connectivity index (χ1v) is 3.83. The first-order chi connectivity index (χ1) is 4.77. The lowest BCUT2D eigenvalue weighted by atomic mass is 9.69. The van der Waals surface area contributed by atoms with Crippen molar-refractivity contribution < 1.29 is 9.59 Å². The van der Waals surface area contributed by atoms with Gasteiger partial charge in [-0.3, -0.25) is 9.59 Å². The van der Waals surface area contributed by atoms with Crippen molar-refractivity contribution in [1.29, 1.82) is 0 Å². The topological polar surface area (TPSA) is 34.1 Å². The van der Waals surface area contributed by atoms with E-state index < -0.39 is 0 Å². The van der Waals surface area contributed by atoms with E-state index in [2.05, 4.69) is 0 Å². The van der Waals surface area contributed by atoms with Crippen LogP contribution >= 0.6 is 0 Å². The SMILES string of the molecule is O=C1C[C@@H]2CC[C@@H]1CC2=O. The van der Waals surface area contributed by atoms with E-state index in [1.165, 1.54) is 0 Å². The molecule has 10 heavy (non-hydrogen) atoms. The fourth-order valence-electron chi connectivity index (χ4n) is 1.98. The molecule has 0 aliphatic heterocycles. The molecule has 0 amide bonds. The van der Waals surface area contributed by atoms with E-state index in [1.54, 1.807) is 0 Å². The highest BCUT2D eigenvalue weighted by molar-refractivity contribution is 5.97. The summed E-state index contributed by atoms with van der Waals surface area (Å²) in [6.45, 7) is 0. The number of carbonyl (C=O) groups is 2. The first-order valence-electron chi connectivity index (χ1n) is 3.83. The lowest BCUT2D eigenvalue weighted by Crippen LogP contribution is -2.37. The number of ketones is 2. The van der Waals surface area contributed by atoms with Crippen LogP contribution < -0.4 is 0 Å². The van der Waals surface area contributed by atoms with Gasteiger partial charge in [-0.2, -0.15) is 0 Å². The molecule has 0 N–H and O–H groups in total. The van der Waals surface area contributed by atoms with Crippen molar-refractivity contribution in [2.75, 3.05) is 0 Å². The highest BCUT2D eigenvalue weighted by Crippen LogP contribution is 2.36. The second-order valence-electron chi connectivity index (χ2n) is 3.31. The number of carbonyl (C=O) groups excluding carboxylic acids is 2. The molecule has 0 aromatic heterocycles. The molecule has 0 heterocycles. The lowest BCUT2D eigenvalue weighted by molar-refractivity contribution is -0.140. The summed E-state index contributed by atoms with van der Waals surface area (Å²) in [4.78, 5) is 22.1. The second-order valence-corrected chi connectivity index (χ2v) is 3.31. The molecule has 54 valence electrons. The van der Waals surface area contributed by atoms with Crippen LogP contribution in [0.3, 0.4) is 0 Å². The summed E-state index contributed by atoms with van der Waals surface area (Å²) >= 11 is 0. The minimum absolute atomic E-state index is 0.109. The van der Waals surface area contributed by atoms with Crippen LogP contribution in [0.15, 0.2) is 0 Å². The van der Waals surface area contributed by atoms with Gasteiger partial charge in [-0.1, -0.05) is 0 Å². The van der Waals surface area contributed by atoms with Crippen LogP contribution in [0.2, 0.25) is 0 Å². The number of hydrogen-bond donors (Lipinski definition) is 0. The van der Waals surface area contributed by atoms with Gasteiger partial charge in [0.25, 0.3) is 0 Å². The van der Waals surface area contributed by atoms with Crippen molar-refractivity contribution >= 4 is 11.6 Å². The zero-order valence-corrected chi connectivity index (χ0v) is 5.80. The van der Waals surface area contributed by atoms with Crippen LogP contribution in [0.5, 0.6) is 0 Å². The predicted molar refractivity (Wildman–Crippen MR) is 35.5 cm³/mol. The Balaban J connectivity index is 2.23. The number of fused-ring (bicyclic) bond motifs is 3. The largest absolute Gasteiger partial charge is 0.299 e. The molecule has 2 nitrogen and oxygen atoms in total. The normalized spacial score (nSPS) is 38.8. The van der Waals surface area contributed by atoms with E-state index >= 15 is 0 Å². The first kappa shape index (κ1) is 6.08. The van der Waals surface area contributed by atoms with Gasteiger partial charge in [-0.25, -0.2) is 0 Å². The Bertz CT molecular complexity index is 173. The second kappa shape index (κ2) is 1.91. The molecule has 0 spiro atoms. The summed E-state index contributed by atoms with van der Waals surface area (Å²) in [5.41, 5.74) is 0. The summed E-state index contributed by atoms with van der Waals surface area (Å²) in [5.74, 6) is 0.877. The van der Waals surface area contributed by atoms with Crippen molar-refractivity contribution in [2.24, 2.45) is 11.8 Å². The Kier molecular flexibility index (Phi) is 1.16.